The highest BCUT2D eigenvalue weighted by atomic mass is 16.2. The average molecular weight is 236 g/mol. The molecule has 1 aliphatic rings. The summed E-state index contributed by atoms with van der Waals surface area (Å²) in [4.78, 5) is 14.0. The van der Waals surface area contributed by atoms with Crippen LogP contribution in [0.15, 0.2) is 6.07 Å². The molecule has 0 aliphatic carbocycles. The Morgan fingerprint density at radius 3 is 3.18 bits per heavy atom. The third kappa shape index (κ3) is 3.06. The molecule has 94 valence electrons. The van der Waals surface area contributed by atoms with E-state index in [2.05, 4.69) is 15.5 Å². The van der Waals surface area contributed by atoms with Crippen molar-refractivity contribution in [2.24, 2.45) is 0 Å². The monoisotopic (exact) mass is 236 g/mol. The van der Waals surface area contributed by atoms with Gasteiger partial charge < -0.3 is 10.2 Å². The molecule has 0 radical (unpaired) electrons. The molecule has 1 atom stereocenters. The maximum absolute atomic E-state index is 12.1. The van der Waals surface area contributed by atoms with Gasteiger partial charge in [-0.25, -0.2) is 0 Å². The summed E-state index contributed by atoms with van der Waals surface area (Å²) in [5.74, 6) is 0.177. The lowest BCUT2D eigenvalue weighted by Crippen LogP contribution is -2.47. The highest BCUT2D eigenvalue weighted by Gasteiger charge is 2.22. The first-order chi connectivity index (χ1) is 8.19. The molecule has 5 nitrogen and oxygen atoms in total. The van der Waals surface area contributed by atoms with Crippen molar-refractivity contribution in [3.63, 3.8) is 0 Å². The molecule has 0 spiro atoms. The van der Waals surface area contributed by atoms with Crippen LogP contribution in [0.2, 0.25) is 0 Å². The van der Waals surface area contributed by atoms with E-state index in [9.17, 15) is 4.79 Å². The van der Waals surface area contributed by atoms with E-state index >= 15 is 0 Å². The molecule has 2 rings (SSSR count). The molecule has 1 aromatic rings. The van der Waals surface area contributed by atoms with Gasteiger partial charge in [-0.1, -0.05) is 0 Å². The van der Waals surface area contributed by atoms with Crippen molar-refractivity contribution >= 4 is 5.91 Å². The second-order valence-corrected chi connectivity index (χ2v) is 4.69. The predicted molar refractivity (Wildman–Crippen MR) is 65.7 cm³/mol. The van der Waals surface area contributed by atoms with Gasteiger partial charge in [-0.15, -0.1) is 0 Å². The molecule has 5 heteroatoms. The number of nitrogens with one attached hydrogen (secondary N) is 2. The van der Waals surface area contributed by atoms with Crippen molar-refractivity contribution in [2.45, 2.75) is 32.2 Å². The number of H-pyrrole nitrogens is 1. The van der Waals surface area contributed by atoms with Gasteiger partial charge in [0.05, 0.1) is 12.1 Å². The quantitative estimate of drug-likeness (QED) is 0.802. The van der Waals surface area contributed by atoms with Crippen LogP contribution >= 0.6 is 0 Å². The van der Waals surface area contributed by atoms with Gasteiger partial charge >= 0.3 is 0 Å². The summed E-state index contributed by atoms with van der Waals surface area (Å²) in [6, 6.07) is 2.37. The minimum atomic E-state index is 0.177. The van der Waals surface area contributed by atoms with E-state index in [4.69, 9.17) is 0 Å². The number of aromatic amines is 1. The standard InChI is InChI=1S/C12H20N4O/c1-9-6-11(15-14-9)7-12(17)16-5-3-4-10(8-16)13-2/h6,10,13H,3-5,7-8H2,1-2H3,(H,14,15)/t10-/m1/s1. The Kier molecular flexibility index (Phi) is 3.78. The maximum atomic E-state index is 12.1. The SMILES string of the molecule is CN[C@@H]1CCCN(C(=O)Cc2cc(C)[nH]n2)C1. The molecule has 0 saturated carbocycles. The molecule has 1 amide bonds. The Morgan fingerprint density at radius 2 is 2.53 bits per heavy atom. The summed E-state index contributed by atoms with van der Waals surface area (Å²) >= 11 is 0. The van der Waals surface area contributed by atoms with E-state index in [-0.39, 0.29) is 5.91 Å². The Balaban J connectivity index is 1.91. The van der Waals surface area contributed by atoms with E-state index in [1.165, 1.54) is 0 Å². The van der Waals surface area contributed by atoms with Crippen molar-refractivity contribution in [3.05, 3.63) is 17.5 Å². The fourth-order valence-electron chi connectivity index (χ4n) is 2.27. The Morgan fingerprint density at radius 1 is 1.71 bits per heavy atom. The van der Waals surface area contributed by atoms with E-state index in [1.807, 2.05) is 24.9 Å². The van der Waals surface area contributed by atoms with Gasteiger partial charge in [0.25, 0.3) is 0 Å². The van der Waals surface area contributed by atoms with Crippen LogP contribution in [0.1, 0.15) is 24.2 Å². The largest absolute Gasteiger partial charge is 0.341 e. The van der Waals surface area contributed by atoms with Crippen LogP contribution in [0.25, 0.3) is 0 Å². The van der Waals surface area contributed by atoms with E-state index in [0.717, 1.165) is 37.3 Å². The number of likely N-dealkylation sites (tertiary alicyclic amines) is 1. The van der Waals surface area contributed by atoms with Gasteiger partial charge in [-0.05, 0) is 32.9 Å². The first-order valence-electron chi connectivity index (χ1n) is 6.15. The number of hydrogen-bond acceptors (Lipinski definition) is 3. The first kappa shape index (κ1) is 12.1. The minimum Gasteiger partial charge on any atom is -0.341 e. The smallest absolute Gasteiger partial charge is 0.228 e. The molecule has 1 fully saturated rings. The Hall–Kier alpha value is -1.36. The number of aryl methyl sites for hydroxylation is 1. The van der Waals surface area contributed by atoms with Gasteiger partial charge in [0.1, 0.15) is 0 Å². The number of likely N-dealkylation sites (N-methyl/N-ethyl adjacent to an activating group) is 1. The molecule has 0 unspecified atom stereocenters. The first-order valence-corrected chi connectivity index (χ1v) is 6.15. The third-order valence-electron chi connectivity index (χ3n) is 3.27. The van der Waals surface area contributed by atoms with Crippen LogP contribution in [0.3, 0.4) is 0 Å². The number of rotatable bonds is 3. The second-order valence-electron chi connectivity index (χ2n) is 4.69. The van der Waals surface area contributed by atoms with Crippen LogP contribution in [-0.2, 0) is 11.2 Å². The Labute approximate surface area is 102 Å². The van der Waals surface area contributed by atoms with Crippen molar-refractivity contribution in [3.8, 4) is 0 Å². The minimum absolute atomic E-state index is 0.177. The van der Waals surface area contributed by atoms with Gasteiger partial charge in [0.2, 0.25) is 5.91 Å². The highest BCUT2D eigenvalue weighted by molar-refractivity contribution is 5.78. The molecule has 17 heavy (non-hydrogen) atoms. The normalized spacial score (nSPS) is 20.6. The zero-order valence-electron chi connectivity index (χ0n) is 10.5. The lowest BCUT2D eigenvalue weighted by Gasteiger charge is -2.32. The van der Waals surface area contributed by atoms with Crippen molar-refractivity contribution in [2.75, 3.05) is 20.1 Å². The summed E-state index contributed by atoms with van der Waals surface area (Å²) in [7, 11) is 1.95. The molecule has 2 heterocycles. The lowest BCUT2D eigenvalue weighted by molar-refractivity contribution is -0.131. The number of carbonyl (C=O) groups excluding carboxylic acids is 1. The third-order valence-corrected chi connectivity index (χ3v) is 3.27. The van der Waals surface area contributed by atoms with Crippen molar-refractivity contribution in [1.82, 2.24) is 20.4 Å². The van der Waals surface area contributed by atoms with Crippen molar-refractivity contribution in [1.29, 1.82) is 0 Å². The molecular weight excluding hydrogens is 216 g/mol. The van der Waals surface area contributed by atoms with Crippen LogP contribution in [0.5, 0.6) is 0 Å². The number of aromatic nitrogens is 2. The molecule has 2 N–H and O–H groups in total. The molecule has 1 aromatic heterocycles. The molecule has 1 saturated heterocycles. The zero-order chi connectivity index (χ0) is 12.3. The number of nitrogens with zero attached hydrogens (tertiary/aromatic N) is 2. The van der Waals surface area contributed by atoms with E-state index < -0.39 is 0 Å². The lowest BCUT2D eigenvalue weighted by atomic mass is 10.1. The predicted octanol–water partition coefficient (Wildman–Crippen LogP) is 0.471. The Bertz CT molecular complexity index is 388. The highest BCUT2D eigenvalue weighted by Crippen LogP contribution is 2.11. The van der Waals surface area contributed by atoms with Crippen LogP contribution < -0.4 is 5.32 Å². The summed E-state index contributed by atoms with van der Waals surface area (Å²) in [5, 5.41) is 10.2. The van der Waals surface area contributed by atoms with Gasteiger partial charge in [0, 0.05) is 24.8 Å². The number of hydrogen-bond donors (Lipinski definition) is 2. The number of carbonyl (C=O) groups is 1. The van der Waals surface area contributed by atoms with Crippen LogP contribution in [-0.4, -0.2) is 47.2 Å². The average Bonchev–Trinajstić information content (AvgIpc) is 2.75. The maximum Gasteiger partial charge on any atom is 0.228 e. The fraction of sp³-hybridized carbons (Fsp3) is 0.667. The molecule has 1 aliphatic heterocycles. The molecule has 0 aromatic carbocycles. The fourth-order valence-corrected chi connectivity index (χ4v) is 2.27. The van der Waals surface area contributed by atoms with Gasteiger partial charge in [-0.3, -0.25) is 9.89 Å². The summed E-state index contributed by atoms with van der Waals surface area (Å²) < 4.78 is 0. The van der Waals surface area contributed by atoms with Crippen LogP contribution in [0.4, 0.5) is 0 Å². The van der Waals surface area contributed by atoms with Crippen molar-refractivity contribution < 1.29 is 4.79 Å². The molecular formula is C12H20N4O. The topological polar surface area (TPSA) is 61.0 Å². The van der Waals surface area contributed by atoms with E-state index in [1.54, 1.807) is 0 Å². The number of amides is 1. The van der Waals surface area contributed by atoms with Crippen LogP contribution in [0, 0.1) is 6.92 Å². The summed E-state index contributed by atoms with van der Waals surface area (Å²) in [6.07, 6.45) is 2.64. The summed E-state index contributed by atoms with van der Waals surface area (Å²) in [5.41, 5.74) is 1.83. The van der Waals surface area contributed by atoms with E-state index in [0.29, 0.717) is 12.5 Å². The zero-order valence-corrected chi connectivity index (χ0v) is 10.5. The number of piperidine rings is 1. The van der Waals surface area contributed by atoms with Gasteiger partial charge in [0.15, 0.2) is 0 Å². The summed E-state index contributed by atoms with van der Waals surface area (Å²) in [6.45, 7) is 3.64. The second kappa shape index (κ2) is 5.31. The van der Waals surface area contributed by atoms with Gasteiger partial charge in [-0.2, -0.15) is 5.10 Å². The molecule has 0 bridgehead atoms.